The Morgan fingerprint density at radius 3 is 2.56 bits per heavy atom. The van der Waals surface area contributed by atoms with Gasteiger partial charge in [0.15, 0.2) is 0 Å². The van der Waals surface area contributed by atoms with Gasteiger partial charge in [-0.1, -0.05) is 42.5 Å². The third kappa shape index (κ3) is 3.52. The van der Waals surface area contributed by atoms with E-state index in [-0.39, 0.29) is 12.0 Å². The molecule has 0 aliphatic heterocycles. The van der Waals surface area contributed by atoms with Crippen molar-refractivity contribution in [2.75, 3.05) is 0 Å². The Morgan fingerprint density at radius 1 is 1.44 bits per heavy atom. The third-order valence-corrected chi connectivity index (χ3v) is 2.42. The molecule has 0 radical (unpaired) electrons. The molecule has 0 fully saturated rings. The second-order valence-electron chi connectivity index (χ2n) is 3.98. The van der Waals surface area contributed by atoms with E-state index in [9.17, 15) is 0 Å². The standard InChI is InChI=1S/C14H17NO/c1-11(2)14(12(3)9-15)16-10-13-7-5-4-6-8-13/h4-8,12,14H,1,10H2,2-3H3. The molecule has 2 heteroatoms. The molecule has 0 aliphatic carbocycles. The first kappa shape index (κ1) is 12.5. The number of nitrogens with zero attached hydrogens (tertiary/aromatic N) is 1. The molecule has 1 rings (SSSR count). The lowest BCUT2D eigenvalue weighted by molar-refractivity contribution is 0.0445. The van der Waals surface area contributed by atoms with E-state index in [0.717, 1.165) is 11.1 Å². The smallest absolute Gasteiger partial charge is 0.0939 e. The van der Waals surface area contributed by atoms with Crippen LogP contribution < -0.4 is 0 Å². The Morgan fingerprint density at radius 2 is 2.06 bits per heavy atom. The van der Waals surface area contributed by atoms with Gasteiger partial charge in [-0.05, 0) is 19.4 Å². The van der Waals surface area contributed by atoms with Gasteiger partial charge in [-0.3, -0.25) is 0 Å². The van der Waals surface area contributed by atoms with Crippen molar-refractivity contribution in [1.29, 1.82) is 5.26 Å². The van der Waals surface area contributed by atoms with Crippen molar-refractivity contribution in [3.8, 4) is 6.07 Å². The largest absolute Gasteiger partial charge is 0.368 e. The summed E-state index contributed by atoms with van der Waals surface area (Å²) in [5.74, 6) is -0.166. The summed E-state index contributed by atoms with van der Waals surface area (Å²) in [4.78, 5) is 0. The summed E-state index contributed by atoms with van der Waals surface area (Å²) < 4.78 is 5.72. The maximum absolute atomic E-state index is 8.88. The Hall–Kier alpha value is -1.59. The minimum absolute atomic E-state index is 0.166. The van der Waals surface area contributed by atoms with Crippen molar-refractivity contribution in [2.45, 2.75) is 26.6 Å². The van der Waals surface area contributed by atoms with Gasteiger partial charge in [0.05, 0.1) is 24.7 Å². The summed E-state index contributed by atoms with van der Waals surface area (Å²) in [5, 5.41) is 8.88. The van der Waals surface area contributed by atoms with Crippen LogP contribution in [0.3, 0.4) is 0 Å². The molecule has 0 heterocycles. The third-order valence-electron chi connectivity index (χ3n) is 2.42. The number of hydrogen-bond acceptors (Lipinski definition) is 2. The molecule has 0 bridgehead atoms. The monoisotopic (exact) mass is 215 g/mol. The number of benzene rings is 1. The quantitative estimate of drug-likeness (QED) is 0.706. The number of ether oxygens (including phenoxy) is 1. The number of nitriles is 1. The summed E-state index contributed by atoms with van der Waals surface area (Å²) in [6.45, 7) is 8.12. The Kier molecular flexibility index (Phi) is 4.75. The fraction of sp³-hybridized carbons (Fsp3) is 0.357. The van der Waals surface area contributed by atoms with Crippen LogP contribution in [0.4, 0.5) is 0 Å². The molecule has 84 valence electrons. The zero-order chi connectivity index (χ0) is 12.0. The molecule has 0 aromatic heterocycles. The lowest BCUT2D eigenvalue weighted by Gasteiger charge is -2.20. The van der Waals surface area contributed by atoms with Crippen molar-refractivity contribution in [2.24, 2.45) is 5.92 Å². The van der Waals surface area contributed by atoms with Crippen LogP contribution >= 0.6 is 0 Å². The zero-order valence-electron chi connectivity index (χ0n) is 9.81. The summed E-state index contributed by atoms with van der Waals surface area (Å²) >= 11 is 0. The van der Waals surface area contributed by atoms with E-state index in [0.29, 0.717) is 6.61 Å². The second kappa shape index (κ2) is 6.09. The molecule has 1 aromatic carbocycles. The first-order valence-electron chi connectivity index (χ1n) is 5.35. The van der Waals surface area contributed by atoms with E-state index in [1.165, 1.54) is 0 Å². The minimum atomic E-state index is -0.190. The highest BCUT2D eigenvalue weighted by Gasteiger charge is 2.18. The summed E-state index contributed by atoms with van der Waals surface area (Å²) in [6.07, 6.45) is -0.190. The molecule has 1 aromatic rings. The second-order valence-corrected chi connectivity index (χ2v) is 3.98. The maximum atomic E-state index is 8.88. The average molecular weight is 215 g/mol. The molecule has 0 amide bonds. The Labute approximate surface area is 97.2 Å². The predicted molar refractivity (Wildman–Crippen MR) is 64.6 cm³/mol. The molecule has 0 saturated heterocycles. The van der Waals surface area contributed by atoms with Crippen LogP contribution in [0.2, 0.25) is 0 Å². The SMILES string of the molecule is C=C(C)C(OCc1ccccc1)C(C)C#N. The van der Waals surface area contributed by atoms with Crippen molar-refractivity contribution >= 4 is 0 Å². The van der Waals surface area contributed by atoms with Gasteiger partial charge >= 0.3 is 0 Å². The van der Waals surface area contributed by atoms with Crippen molar-refractivity contribution < 1.29 is 4.74 Å². The summed E-state index contributed by atoms with van der Waals surface area (Å²) in [7, 11) is 0. The summed E-state index contributed by atoms with van der Waals surface area (Å²) in [6, 6.07) is 12.1. The molecule has 0 aliphatic rings. The van der Waals surface area contributed by atoms with Gasteiger partial charge in [-0.25, -0.2) is 0 Å². The Balaban J connectivity index is 2.58. The van der Waals surface area contributed by atoms with Gasteiger partial charge in [-0.2, -0.15) is 5.26 Å². The molecule has 16 heavy (non-hydrogen) atoms. The summed E-state index contributed by atoms with van der Waals surface area (Å²) in [5.41, 5.74) is 2.00. The van der Waals surface area contributed by atoms with Crippen LogP contribution in [0.15, 0.2) is 42.5 Å². The molecule has 2 atom stereocenters. The maximum Gasteiger partial charge on any atom is 0.0939 e. The van der Waals surface area contributed by atoms with Gasteiger partial charge < -0.3 is 4.74 Å². The molecule has 0 saturated carbocycles. The lowest BCUT2D eigenvalue weighted by atomic mass is 10.0. The van der Waals surface area contributed by atoms with Crippen molar-refractivity contribution in [1.82, 2.24) is 0 Å². The average Bonchev–Trinajstić information content (AvgIpc) is 2.30. The van der Waals surface area contributed by atoms with Crippen LogP contribution in [0, 0.1) is 17.2 Å². The molecule has 0 N–H and O–H groups in total. The van der Waals surface area contributed by atoms with E-state index in [4.69, 9.17) is 10.00 Å². The van der Waals surface area contributed by atoms with E-state index >= 15 is 0 Å². The minimum Gasteiger partial charge on any atom is -0.368 e. The highest BCUT2D eigenvalue weighted by molar-refractivity contribution is 5.14. The van der Waals surface area contributed by atoms with Gasteiger partial charge in [0.2, 0.25) is 0 Å². The van der Waals surface area contributed by atoms with Crippen LogP contribution in [0.5, 0.6) is 0 Å². The fourth-order valence-corrected chi connectivity index (χ4v) is 1.54. The number of rotatable bonds is 5. The number of hydrogen-bond donors (Lipinski definition) is 0. The fourth-order valence-electron chi connectivity index (χ4n) is 1.54. The van der Waals surface area contributed by atoms with Gasteiger partial charge in [0.25, 0.3) is 0 Å². The highest BCUT2D eigenvalue weighted by atomic mass is 16.5. The van der Waals surface area contributed by atoms with Crippen molar-refractivity contribution in [3.63, 3.8) is 0 Å². The first-order chi connectivity index (χ1) is 7.65. The molecular weight excluding hydrogens is 198 g/mol. The van der Waals surface area contributed by atoms with Crippen molar-refractivity contribution in [3.05, 3.63) is 48.0 Å². The lowest BCUT2D eigenvalue weighted by Crippen LogP contribution is -2.21. The van der Waals surface area contributed by atoms with Crippen LogP contribution in [-0.2, 0) is 11.3 Å². The van der Waals surface area contributed by atoms with Crippen LogP contribution in [-0.4, -0.2) is 6.10 Å². The van der Waals surface area contributed by atoms with Gasteiger partial charge in [0.1, 0.15) is 0 Å². The van der Waals surface area contributed by atoms with Crippen LogP contribution in [0.1, 0.15) is 19.4 Å². The van der Waals surface area contributed by atoms with E-state index in [2.05, 4.69) is 12.6 Å². The van der Waals surface area contributed by atoms with Gasteiger partial charge in [0, 0.05) is 0 Å². The molecular formula is C14H17NO. The van der Waals surface area contributed by atoms with E-state index in [1.54, 1.807) is 0 Å². The van der Waals surface area contributed by atoms with Crippen LogP contribution in [0.25, 0.3) is 0 Å². The Bertz CT molecular complexity index is 377. The molecule has 2 unspecified atom stereocenters. The molecule has 2 nitrogen and oxygen atoms in total. The van der Waals surface area contributed by atoms with E-state index in [1.807, 2.05) is 44.2 Å². The topological polar surface area (TPSA) is 33.0 Å². The van der Waals surface area contributed by atoms with E-state index < -0.39 is 0 Å². The highest BCUT2D eigenvalue weighted by Crippen LogP contribution is 2.16. The predicted octanol–water partition coefficient (Wildman–Crippen LogP) is 3.31. The zero-order valence-corrected chi connectivity index (χ0v) is 9.81. The van der Waals surface area contributed by atoms with Gasteiger partial charge in [-0.15, -0.1) is 0 Å². The normalized spacial score (nSPS) is 13.8. The first-order valence-corrected chi connectivity index (χ1v) is 5.35. The molecule has 0 spiro atoms.